The zero-order chi connectivity index (χ0) is 18.1. The molecule has 0 unspecified atom stereocenters. The molecule has 8 heteroatoms. The van der Waals surface area contributed by atoms with Gasteiger partial charge in [0.15, 0.2) is 5.65 Å². The molecular weight excluding hydrogens is 350 g/mol. The molecule has 2 aliphatic heterocycles. The van der Waals surface area contributed by atoms with Gasteiger partial charge < -0.3 is 23.5 Å². The van der Waals surface area contributed by atoms with Crippen molar-refractivity contribution >= 4 is 27.3 Å². The molecule has 7 nitrogen and oxygen atoms in total. The van der Waals surface area contributed by atoms with E-state index >= 15 is 0 Å². The van der Waals surface area contributed by atoms with Crippen LogP contribution in [0.25, 0.3) is 11.0 Å². The first-order chi connectivity index (χ1) is 12.6. The fourth-order valence-corrected chi connectivity index (χ4v) is 4.87. The lowest BCUT2D eigenvalue weighted by Gasteiger charge is -2.41. The highest BCUT2D eigenvalue weighted by molar-refractivity contribution is 7.73. The lowest BCUT2D eigenvalue weighted by atomic mass is 9.77. The van der Waals surface area contributed by atoms with Crippen LogP contribution in [0.2, 0.25) is 0 Å². The average molecular weight is 374 g/mol. The van der Waals surface area contributed by atoms with Gasteiger partial charge in [0.2, 0.25) is 5.88 Å². The number of rotatable bonds is 4. The maximum atomic E-state index is 11.2. The van der Waals surface area contributed by atoms with E-state index in [4.69, 9.17) is 9.52 Å². The molecule has 0 amide bonds. The van der Waals surface area contributed by atoms with Crippen LogP contribution in [-0.4, -0.2) is 54.0 Å². The largest absolute Gasteiger partial charge is 0.481 e. The maximum Gasteiger partial charge on any atom is 0.215 e. The van der Waals surface area contributed by atoms with Crippen LogP contribution < -0.4 is 9.64 Å². The summed E-state index contributed by atoms with van der Waals surface area (Å²) in [4.78, 5) is 13.4. The SMILES string of the molecule is COc1ccc2c(N3CCC4(CCN(C[S-](=N)=O)C4)CC3)ccnc2n1. The van der Waals surface area contributed by atoms with E-state index in [0.717, 1.165) is 50.8 Å². The van der Waals surface area contributed by atoms with Crippen molar-refractivity contribution in [1.29, 1.82) is 4.78 Å². The van der Waals surface area contributed by atoms with Gasteiger partial charge >= 0.3 is 0 Å². The third-order valence-corrected chi connectivity index (χ3v) is 6.35. The fraction of sp³-hybridized carbons (Fsp3) is 0.556. The Morgan fingerprint density at radius 1 is 1.23 bits per heavy atom. The van der Waals surface area contributed by atoms with Crippen LogP contribution in [0.5, 0.6) is 5.88 Å². The van der Waals surface area contributed by atoms with E-state index in [9.17, 15) is 4.21 Å². The first kappa shape index (κ1) is 17.5. The number of nitrogens with one attached hydrogen (secondary N) is 1. The van der Waals surface area contributed by atoms with Crippen molar-refractivity contribution in [2.45, 2.75) is 19.3 Å². The van der Waals surface area contributed by atoms with Gasteiger partial charge in [-0.3, -0.25) is 0 Å². The Hall–Kier alpha value is -1.93. The second-order valence-electron chi connectivity index (χ2n) is 7.32. The van der Waals surface area contributed by atoms with Gasteiger partial charge in [0.1, 0.15) is 0 Å². The molecule has 2 saturated heterocycles. The summed E-state index contributed by atoms with van der Waals surface area (Å²) in [6.07, 6.45) is 5.21. The number of anilines is 1. The summed E-state index contributed by atoms with van der Waals surface area (Å²) in [5.74, 6) is 0.964. The summed E-state index contributed by atoms with van der Waals surface area (Å²) in [7, 11) is 0.124. The van der Waals surface area contributed by atoms with Crippen molar-refractivity contribution in [2.24, 2.45) is 5.41 Å². The quantitative estimate of drug-likeness (QED) is 0.829. The number of hydrogen-bond acceptors (Lipinski definition) is 8. The van der Waals surface area contributed by atoms with E-state index < -0.39 is 10.6 Å². The lowest BCUT2D eigenvalue weighted by Crippen LogP contribution is -2.41. The maximum absolute atomic E-state index is 11.2. The monoisotopic (exact) mass is 374 g/mol. The standard InChI is InChI=1S/C18H24N5O2S/c1-25-16-3-2-14-15(4-8-20-17(14)21-16)23-10-6-18(7-11-23)5-9-22(12-18)13-26(19)24/h2-4,8,19H,5-7,9-13H2,1H3/q-1. The van der Waals surface area contributed by atoms with Gasteiger partial charge in [0.25, 0.3) is 0 Å². The zero-order valence-electron chi connectivity index (χ0n) is 15.0. The molecule has 4 heterocycles. The molecule has 0 radical (unpaired) electrons. The molecule has 2 aromatic heterocycles. The third-order valence-electron chi connectivity index (χ3n) is 5.75. The number of piperidine rings is 1. The van der Waals surface area contributed by atoms with Gasteiger partial charge in [-0.1, -0.05) is 0 Å². The molecule has 1 spiro atoms. The molecular formula is C18H24N5O2S-. The first-order valence-corrected chi connectivity index (χ1v) is 10.3. The Labute approximate surface area is 155 Å². The summed E-state index contributed by atoms with van der Waals surface area (Å²) >= 11 is 0. The van der Waals surface area contributed by atoms with Crippen molar-refractivity contribution in [1.82, 2.24) is 14.9 Å². The topological polar surface area (TPSA) is 82.4 Å². The molecule has 0 atom stereocenters. The molecule has 0 bridgehead atoms. The Kier molecular flexibility index (Phi) is 4.71. The van der Waals surface area contributed by atoms with Crippen LogP contribution in [0.1, 0.15) is 19.3 Å². The second kappa shape index (κ2) is 7.00. The van der Waals surface area contributed by atoms with Crippen molar-refractivity contribution in [3.63, 3.8) is 0 Å². The number of likely N-dealkylation sites (tertiary alicyclic amines) is 1. The van der Waals surface area contributed by atoms with Crippen LogP contribution in [0.15, 0.2) is 24.4 Å². The molecule has 2 fully saturated rings. The van der Waals surface area contributed by atoms with Crippen LogP contribution in [0, 0.1) is 10.2 Å². The number of fused-ring (bicyclic) bond motifs is 1. The molecule has 140 valence electrons. The molecule has 4 rings (SSSR count). The third kappa shape index (κ3) is 3.35. The summed E-state index contributed by atoms with van der Waals surface area (Å²) in [6.45, 7) is 3.94. The fourth-order valence-electron chi connectivity index (χ4n) is 4.32. The van der Waals surface area contributed by atoms with Crippen LogP contribution in [0.3, 0.4) is 0 Å². The Bertz CT molecular complexity index is 869. The van der Waals surface area contributed by atoms with Crippen molar-refractivity contribution in [3.05, 3.63) is 24.4 Å². The summed E-state index contributed by atoms with van der Waals surface area (Å²) < 4.78 is 23.7. The normalized spacial score (nSPS) is 20.3. The van der Waals surface area contributed by atoms with E-state index in [0.29, 0.717) is 22.8 Å². The van der Waals surface area contributed by atoms with Gasteiger partial charge in [-0.05, 0) is 49.2 Å². The first-order valence-electron chi connectivity index (χ1n) is 8.95. The predicted octanol–water partition coefficient (Wildman–Crippen LogP) is 2.61. The van der Waals surface area contributed by atoms with Crippen molar-refractivity contribution in [2.75, 3.05) is 44.1 Å². The Balaban J connectivity index is 1.49. The predicted molar refractivity (Wildman–Crippen MR) is 102 cm³/mol. The molecule has 0 aliphatic carbocycles. The van der Waals surface area contributed by atoms with E-state index in [-0.39, 0.29) is 0 Å². The summed E-state index contributed by atoms with van der Waals surface area (Å²) in [5, 5.41) is 1.06. The minimum atomic E-state index is -1.49. The molecule has 2 aliphatic rings. The number of hydrogen-bond donors (Lipinski definition) is 1. The van der Waals surface area contributed by atoms with E-state index in [1.54, 1.807) is 7.11 Å². The van der Waals surface area contributed by atoms with Gasteiger partial charge in [0.05, 0.1) is 7.11 Å². The highest BCUT2D eigenvalue weighted by atomic mass is 32.2. The molecule has 0 aromatic carbocycles. The number of pyridine rings is 2. The summed E-state index contributed by atoms with van der Waals surface area (Å²) in [6, 6.07) is 5.99. The van der Waals surface area contributed by atoms with Gasteiger partial charge in [-0.15, -0.1) is 0 Å². The molecule has 1 N–H and O–H groups in total. The van der Waals surface area contributed by atoms with E-state index in [1.165, 1.54) is 5.69 Å². The smallest absolute Gasteiger partial charge is 0.215 e. The van der Waals surface area contributed by atoms with Crippen molar-refractivity contribution in [3.8, 4) is 5.88 Å². The number of nitrogens with zero attached hydrogens (tertiary/aromatic N) is 4. The van der Waals surface area contributed by atoms with E-state index in [2.05, 4.69) is 25.8 Å². The van der Waals surface area contributed by atoms with Gasteiger partial charge in [0, 0.05) is 43.0 Å². The molecule has 2 aromatic rings. The minimum Gasteiger partial charge on any atom is -0.481 e. The lowest BCUT2D eigenvalue weighted by molar-refractivity contribution is 0.219. The molecule has 0 saturated carbocycles. The van der Waals surface area contributed by atoms with Gasteiger partial charge in [-0.25, -0.2) is 4.98 Å². The Morgan fingerprint density at radius 3 is 2.73 bits per heavy atom. The van der Waals surface area contributed by atoms with E-state index in [1.807, 2.05) is 18.3 Å². The van der Waals surface area contributed by atoms with Crippen LogP contribution >= 0.6 is 0 Å². The minimum absolute atomic E-state index is 0.320. The Morgan fingerprint density at radius 2 is 2.00 bits per heavy atom. The number of aromatic nitrogens is 2. The number of methoxy groups -OCH3 is 1. The van der Waals surface area contributed by atoms with Gasteiger partial charge in [-0.2, -0.15) is 15.6 Å². The van der Waals surface area contributed by atoms with Crippen LogP contribution in [-0.2, 0) is 14.8 Å². The summed E-state index contributed by atoms with van der Waals surface area (Å²) in [5.41, 5.74) is 2.22. The second-order valence-corrected chi connectivity index (χ2v) is 8.27. The number of ether oxygens (including phenoxy) is 1. The van der Waals surface area contributed by atoms with Crippen molar-refractivity contribution < 1.29 is 8.95 Å². The average Bonchev–Trinajstić information content (AvgIpc) is 3.03. The molecule has 26 heavy (non-hydrogen) atoms. The highest BCUT2D eigenvalue weighted by Gasteiger charge is 2.40. The highest BCUT2D eigenvalue weighted by Crippen LogP contribution is 2.42. The zero-order valence-corrected chi connectivity index (χ0v) is 15.8. The van der Waals surface area contributed by atoms with Crippen LogP contribution in [0.4, 0.5) is 5.69 Å².